The second-order valence-corrected chi connectivity index (χ2v) is 8.99. The molecule has 2 unspecified atom stereocenters. The van der Waals surface area contributed by atoms with Crippen molar-refractivity contribution in [2.24, 2.45) is 0 Å². The summed E-state index contributed by atoms with van der Waals surface area (Å²) in [4.78, 5) is 6.80. The van der Waals surface area contributed by atoms with Crippen LogP contribution in [0.4, 0.5) is 0 Å². The van der Waals surface area contributed by atoms with Crippen molar-refractivity contribution in [2.45, 2.75) is 30.4 Å². The summed E-state index contributed by atoms with van der Waals surface area (Å²) in [7, 11) is -3.43. The molecule has 2 fully saturated rings. The molecule has 1 aromatic carbocycles. The van der Waals surface area contributed by atoms with Crippen molar-refractivity contribution < 1.29 is 8.42 Å². The van der Waals surface area contributed by atoms with E-state index in [1.54, 1.807) is 28.8 Å². The lowest BCUT2D eigenvalue weighted by atomic mass is 10.1. The molecular formula is C19H25N5O2S. The van der Waals surface area contributed by atoms with Gasteiger partial charge in [0, 0.05) is 44.6 Å². The van der Waals surface area contributed by atoms with Gasteiger partial charge in [-0.05, 0) is 42.7 Å². The van der Waals surface area contributed by atoms with E-state index >= 15 is 0 Å². The highest BCUT2D eigenvalue weighted by Crippen LogP contribution is 2.25. The number of hydrogen-bond donors (Lipinski definition) is 2. The van der Waals surface area contributed by atoms with Crippen LogP contribution in [-0.2, 0) is 10.0 Å². The minimum atomic E-state index is -3.43. The zero-order valence-electron chi connectivity index (χ0n) is 15.4. The first-order chi connectivity index (χ1) is 13.1. The molecule has 3 heterocycles. The van der Waals surface area contributed by atoms with Crippen LogP contribution in [0.15, 0.2) is 53.7 Å². The number of aromatic nitrogens is 1. The van der Waals surface area contributed by atoms with Crippen LogP contribution in [0.1, 0.15) is 23.6 Å². The first-order valence-electron chi connectivity index (χ1n) is 9.26. The zero-order chi connectivity index (χ0) is 18.9. The molecule has 0 amide bonds. The van der Waals surface area contributed by atoms with Crippen LogP contribution in [0.2, 0.25) is 0 Å². The van der Waals surface area contributed by atoms with Crippen LogP contribution < -0.4 is 10.9 Å². The summed E-state index contributed by atoms with van der Waals surface area (Å²) < 4.78 is 27.5. The lowest BCUT2D eigenvalue weighted by Gasteiger charge is -2.37. The number of hydrazine groups is 1. The first-order valence-corrected chi connectivity index (χ1v) is 10.7. The van der Waals surface area contributed by atoms with E-state index in [1.165, 1.54) is 5.56 Å². The molecule has 2 atom stereocenters. The number of sulfonamides is 1. The minimum absolute atomic E-state index is 0.200. The van der Waals surface area contributed by atoms with E-state index in [2.05, 4.69) is 20.7 Å². The van der Waals surface area contributed by atoms with Gasteiger partial charge in [-0.15, -0.1) is 0 Å². The van der Waals surface area contributed by atoms with Crippen LogP contribution >= 0.6 is 0 Å². The predicted octanol–water partition coefficient (Wildman–Crippen LogP) is 1.26. The number of nitrogens with one attached hydrogen (secondary N) is 2. The van der Waals surface area contributed by atoms with Gasteiger partial charge in [-0.2, -0.15) is 4.31 Å². The molecule has 4 rings (SSSR count). The molecular weight excluding hydrogens is 362 g/mol. The highest BCUT2D eigenvalue weighted by atomic mass is 32.2. The molecule has 1 aromatic heterocycles. The van der Waals surface area contributed by atoms with Crippen molar-refractivity contribution in [3.8, 4) is 0 Å². The second kappa shape index (κ2) is 7.65. The quantitative estimate of drug-likeness (QED) is 0.823. The van der Waals surface area contributed by atoms with Gasteiger partial charge in [-0.1, -0.05) is 18.2 Å². The molecule has 0 saturated carbocycles. The summed E-state index contributed by atoms with van der Waals surface area (Å²) >= 11 is 0. The van der Waals surface area contributed by atoms with Crippen LogP contribution in [-0.4, -0.2) is 55.0 Å². The summed E-state index contributed by atoms with van der Waals surface area (Å²) in [5.41, 5.74) is 8.70. The third-order valence-electron chi connectivity index (χ3n) is 5.42. The van der Waals surface area contributed by atoms with Gasteiger partial charge in [-0.3, -0.25) is 9.88 Å². The summed E-state index contributed by atoms with van der Waals surface area (Å²) in [6, 6.07) is 11.5. The van der Waals surface area contributed by atoms with Crippen LogP contribution in [0.5, 0.6) is 0 Å². The van der Waals surface area contributed by atoms with Crippen molar-refractivity contribution in [3.63, 3.8) is 0 Å². The van der Waals surface area contributed by atoms with Crippen LogP contribution in [0, 0.1) is 6.92 Å². The van der Waals surface area contributed by atoms with Gasteiger partial charge >= 0.3 is 0 Å². The van der Waals surface area contributed by atoms with E-state index in [9.17, 15) is 8.42 Å². The van der Waals surface area contributed by atoms with Gasteiger partial charge in [0.1, 0.15) is 0 Å². The Balaban J connectivity index is 1.38. The molecule has 2 N–H and O–H groups in total. The standard InChI is InChI=1S/C19H25N5O2S/c1-15-4-2-3-5-18(15)27(25,26)24-12-10-23(11-13-24)19-14-17(21-22-19)16-6-8-20-9-7-16/h2-9,17,19,21-22H,10-14H2,1H3. The molecule has 2 aromatic rings. The Morgan fingerprint density at radius 2 is 1.70 bits per heavy atom. The average molecular weight is 388 g/mol. The lowest BCUT2D eigenvalue weighted by molar-refractivity contribution is 0.123. The summed E-state index contributed by atoms with van der Waals surface area (Å²) in [5, 5.41) is 0. The molecule has 0 spiro atoms. The van der Waals surface area contributed by atoms with Gasteiger partial charge in [0.15, 0.2) is 0 Å². The number of piperazine rings is 1. The van der Waals surface area contributed by atoms with E-state index in [0.29, 0.717) is 31.1 Å². The molecule has 2 saturated heterocycles. The van der Waals surface area contributed by atoms with Gasteiger partial charge in [0.25, 0.3) is 0 Å². The molecule has 2 aliphatic rings. The monoisotopic (exact) mass is 387 g/mol. The Bertz CT molecular complexity index is 882. The number of rotatable bonds is 4. The minimum Gasteiger partial charge on any atom is -0.284 e. The number of hydrogen-bond acceptors (Lipinski definition) is 6. The summed E-state index contributed by atoms with van der Waals surface area (Å²) in [6.07, 6.45) is 4.75. The largest absolute Gasteiger partial charge is 0.284 e. The first kappa shape index (κ1) is 18.5. The van der Waals surface area contributed by atoms with Crippen molar-refractivity contribution in [3.05, 3.63) is 59.9 Å². The topological polar surface area (TPSA) is 77.6 Å². The smallest absolute Gasteiger partial charge is 0.243 e. The van der Waals surface area contributed by atoms with Crippen molar-refractivity contribution >= 4 is 10.0 Å². The normalized spacial score (nSPS) is 24.9. The van der Waals surface area contributed by atoms with Crippen LogP contribution in [0.25, 0.3) is 0 Å². The average Bonchev–Trinajstić information content (AvgIpc) is 3.19. The zero-order valence-corrected chi connectivity index (χ0v) is 16.2. The molecule has 8 heteroatoms. The Morgan fingerprint density at radius 3 is 2.41 bits per heavy atom. The molecule has 27 heavy (non-hydrogen) atoms. The maximum atomic E-state index is 12.9. The van der Waals surface area contributed by atoms with Gasteiger partial charge < -0.3 is 0 Å². The fourth-order valence-corrected chi connectivity index (χ4v) is 5.48. The molecule has 0 radical (unpaired) electrons. The maximum Gasteiger partial charge on any atom is 0.243 e. The highest BCUT2D eigenvalue weighted by Gasteiger charge is 2.34. The summed E-state index contributed by atoms with van der Waals surface area (Å²) in [5.74, 6) is 0. The van der Waals surface area contributed by atoms with Crippen molar-refractivity contribution in [2.75, 3.05) is 26.2 Å². The molecule has 0 aliphatic carbocycles. The highest BCUT2D eigenvalue weighted by molar-refractivity contribution is 7.89. The van der Waals surface area contributed by atoms with E-state index in [0.717, 1.165) is 12.0 Å². The molecule has 144 valence electrons. The number of pyridine rings is 1. The van der Waals surface area contributed by atoms with E-state index in [-0.39, 0.29) is 12.2 Å². The Labute approximate surface area is 160 Å². The van der Waals surface area contributed by atoms with Gasteiger partial charge in [0.05, 0.1) is 11.1 Å². The summed E-state index contributed by atoms with van der Waals surface area (Å²) in [6.45, 7) is 4.29. The van der Waals surface area contributed by atoms with Crippen LogP contribution in [0.3, 0.4) is 0 Å². The Hall–Kier alpha value is -1.84. The lowest BCUT2D eigenvalue weighted by Crippen LogP contribution is -2.55. The number of nitrogens with zero attached hydrogens (tertiary/aromatic N) is 3. The maximum absolute atomic E-state index is 12.9. The second-order valence-electron chi connectivity index (χ2n) is 7.08. The Morgan fingerprint density at radius 1 is 1.00 bits per heavy atom. The number of benzene rings is 1. The van der Waals surface area contributed by atoms with Crippen molar-refractivity contribution in [1.29, 1.82) is 0 Å². The third-order valence-corrected chi connectivity index (χ3v) is 7.48. The van der Waals surface area contributed by atoms with E-state index in [1.807, 2.05) is 31.2 Å². The molecule has 0 bridgehead atoms. The Kier molecular flexibility index (Phi) is 5.25. The fraction of sp³-hybridized carbons (Fsp3) is 0.421. The molecule has 7 nitrogen and oxygen atoms in total. The van der Waals surface area contributed by atoms with E-state index < -0.39 is 10.0 Å². The fourth-order valence-electron chi connectivity index (χ4n) is 3.83. The predicted molar refractivity (Wildman–Crippen MR) is 103 cm³/mol. The van der Waals surface area contributed by atoms with Gasteiger partial charge in [0.2, 0.25) is 10.0 Å². The van der Waals surface area contributed by atoms with E-state index in [4.69, 9.17) is 0 Å². The SMILES string of the molecule is Cc1ccccc1S(=O)(=O)N1CCN(C2CC(c3ccncc3)NN2)CC1. The van der Waals surface area contributed by atoms with Gasteiger partial charge in [-0.25, -0.2) is 19.3 Å². The van der Waals surface area contributed by atoms with Crippen molar-refractivity contribution in [1.82, 2.24) is 25.0 Å². The number of aryl methyl sites for hydroxylation is 1. The molecule has 2 aliphatic heterocycles. The third kappa shape index (κ3) is 3.76.